The molecule has 142 valence electrons. The summed E-state index contributed by atoms with van der Waals surface area (Å²) in [5.41, 5.74) is 0.974. The number of likely N-dealkylation sites (tertiary alicyclic amines) is 1. The van der Waals surface area contributed by atoms with Crippen LogP contribution < -0.4 is 10.0 Å². The molecule has 1 atom stereocenters. The van der Waals surface area contributed by atoms with Crippen LogP contribution in [0.1, 0.15) is 24.8 Å². The number of piperidine rings is 1. The lowest BCUT2D eigenvalue weighted by molar-refractivity contribution is -0.132. The van der Waals surface area contributed by atoms with Gasteiger partial charge in [0.1, 0.15) is 0 Å². The average molecular weight is 390 g/mol. The van der Waals surface area contributed by atoms with Crippen molar-refractivity contribution in [3.05, 3.63) is 29.8 Å². The smallest absolute Gasteiger partial charge is 0.240 e. The minimum absolute atomic E-state index is 0. The quantitative estimate of drug-likeness (QED) is 0.739. The second-order valence-corrected chi connectivity index (χ2v) is 8.14. The van der Waals surface area contributed by atoms with Crippen molar-refractivity contribution in [3.63, 3.8) is 0 Å². The number of hydrogen-bond donors (Lipinski definition) is 2. The largest absolute Gasteiger partial charge is 0.342 e. The Kier molecular flexibility index (Phi) is 8.85. The van der Waals surface area contributed by atoms with Crippen molar-refractivity contribution in [2.24, 2.45) is 5.92 Å². The van der Waals surface area contributed by atoms with Crippen LogP contribution in [0.5, 0.6) is 0 Å². The van der Waals surface area contributed by atoms with Crippen LogP contribution in [0.3, 0.4) is 0 Å². The number of sulfonamides is 1. The molecular formula is C17H28ClN3O3S. The fourth-order valence-electron chi connectivity index (χ4n) is 3.11. The Bertz CT molecular complexity index is 648. The maximum atomic E-state index is 12.4. The van der Waals surface area contributed by atoms with Gasteiger partial charge in [0.2, 0.25) is 15.9 Å². The summed E-state index contributed by atoms with van der Waals surface area (Å²) >= 11 is 0. The number of nitrogens with one attached hydrogen (secondary N) is 2. The maximum absolute atomic E-state index is 12.4. The van der Waals surface area contributed by atoms with Crippen molar-refractivity contribution in [3.8, 4) is 0 Å². The van der Waals surface area contributed by atoms with Gasteiger partial charge < -0.3 is 10.2 Å². The highest BCUT2D eigenvalue weighted by molar-refractivity contribution is 7.89. The topological polar surface area (TPSA) is 78.5 Å². The highest BCUT2D eigenvalue weighted by Gasteiger charge is 2.22. The fraction of sp³-hybridized carbons (Fsp3) is 0.588. The normalized spacial score (nSPS) is 17.8. The summed E-state index contributed by atoms with van der Waals surface area (Å²) in [5, 5.41) is 3.18. The van der Waals surface area contributed by atoms with Crippen molar-refractivity contribution in [2.45, 2.75) is 30.6 Å². The standard InChI is InChI=1S/C17H27N3O3S.ClH/c1-18-12-15-4-3-11-20(13-15)17(21)10-7-14-5-8-16(9-6-14)24(22,23)19-2;/h5-6,8-9,15,18-19H,3-4,7,10-13H2,1-2H3;1H. The molecule has 0 spiro atoms. The number of carbonyl (C=O) groups excluding carboxylic acids is 1. The molecular weight excluding hydrogens is 362 g/mol. The summed E-state index contributed by atoms with van der Waals surface area (Å²) in [6.45, 7) is 2.63. The lowest BCUT2D eigenvalue weighted by Crippen LogP contribution is -2.42. The zero-order chi connectivity index (χ0) is 17.6. The molecule has 8 heteroatoms. The van der Waals surface area contributed by atoms with E-state index in [2.05, 4.69) is 10.0 Å². The lowest BCUT2D eigenvalue weighted by Gasteiger charge is -2.32. The number of rotatable bonds is 7. The molecule has 2 N–H and O–H groups in total. The predicted molar refractivity (Wildman–Crippen MR) is 101 cm³/mol. The van der Waals surface area contributed by atoms with E-state index in [-0.39, 0.29) is 23.2 Å². The number of hydrogen-bond acceptors (Lipinski definition) is 4. The molecule has 6 nitrogen and oxygen atoms in total. The van der Waals surface area contributed by atoms with Crippen molar-refractivity contribution in [1.29, 1.82) is 0 Å². The minimum Gasteiger partial charge on any atom is -0.342 e. The Hall–Kier alpha value is -1.15. The summed E-state index contributed by atoms with van der Waals surface area (Å²) in [5.74, 6) is 0.724. The van der Waals surface area contributed by atoms with Gasteiger partial charge in [-0.25, -0.2) is 13.1 Å². The van der Waals surface area contributed by atoms with Crippen molar-refractivity contribution in [1.82, 2.24) is 14.9 Å². The highest BCUT2D eigenvalue weighted by atomic mass is 35.5. The number of benzene rings is 1. The maximum Gasteiger partial charge on any atom is 0.240 e. The molecule has 0 aliphatic carbocycles. The first-order valence-electron chi connectivity index (χ1n) is 8.41. The van der Waals surface area contributed by atoms with Gasteiger partial charge in [-0.3, -0.25) is 4.79 Å². The Morgan fingerprint density at radius 3 is 2.52 bits per heavy atom. The van der Waals surface area contributed by atoms with E-state index in [0.717, 1.165) is 31.6 Å². The van der Waals surface area contributed by atoms with Gasteiger partial charge in [0.25, 0.3) is 0 Å². The predicted octanol–water partition coefficient (Wildman–Crippen LogP) is 1.41. The van der Waals surface area contributed by atoms with E-state index >= 15 is 0 Å². The van der Waals surface area contributed by atoms with E-state index in [0.29, 0.717) is 18.8 Å². The lowest BCUT2D eigenvalue weighted by atomic mass is 9.97. The summed E-state index contributed by atoms with van der Waals surface area (Å²) in [4.78, 5) is 14.6. The highest BCUT2D eigenvalue weighted by Crippen LogP contribution is 2.17. The van der Waals surface area contributed by atoms with Crippen molar-refractivity contribution in [2.75, 3.05) is 33.7 Å². The van der Waals surface area contributed by atoms with Crippen molar-refractivity contribution >= 4 is 28.3 Å². The molecule has 1 aromatic carbocycles. The van der Waals surface area contributed by atoms with Gasteiger partial charge in [0.05, 0.1) is 4.90 Å². The van der Waals surface area contributed by atoms with Gasteiger partial charge in [0.15, 0.2) is 0 Å². The van der Waals surface area contributed by atoms with E-state index in [1.807, 2.05) is 11.9 Å². The molecule has 0 radical (unpaired) electrons. The number of amides is 1. The Balaban J connectivity index is 0.00000312. The van der Waals surface area contributed by atoms with E-state index in [9.17, 15) is 13.2 Å². The van der Waals surface area contributed by atoms with Crippen molar-refractivity contribution < 1.29 is 13.2 Å². The van der Waals surface area contributed by atoms with Crippen LogP contribution in [0.15, 0.2) is 29.2 Å². The Labute approximate surface area is 156 Å². The second kappa shape index (κ2) is 10.1. The summed E-state index contributed by atoms with van der Waals surface area (Å²) in [7, 11) is -0.0722. The zero-order valence-corrected chi connectivity index (χ0v) is 16.5. The fourth-order valence-corrected chi connectivity index (χ4v) is 3.84. The van der Waals surface area contributed by atoms with Gasteiger partial charge in [-0.1, -0.05) is 12.1 Å². The number of carbonyl (C=O) groups is 1. The van der Waals surface area contributed by atoms with Crippen LogP contribution in [-0.2, 0) is 21.2 Å². The number of halogens is 1. The van der Waals surface area contributed by atoms with Gasteiger partial charge in [-0.2, -0.15) is 0 Å². The first kappa shape index (κ1) is 21.9. The third-order valence-electron chi connectivity index (χ3n) is 4.49. The number of aryl methyl sites for hydroxylation is 1. The first-order valence-corrected chi connectivity index (χ1v) is 9.89. The molecule has 2 rings (SSSR count). The molecule has 1 amide bonds. The van der Waals surface area contributed by atoms with Gasteiger partial charge in [0, 0.05) is 19.5 Å². The van der Waals surface area contributed by atoms with Gasteiger partial charge in [-0.05, 0) is 63.5 Å². The molecule has 1 saturated heterocycles. The third-order valence-corrected chi connectivity index (χ3v) is 5.92. The minimum atomic E-state index is -3.41. The first-order chi connectivity index (χ1) is 11.5. The average Bonchev–Trinajstić information content (AvgIpc) is 2.60. The van der Waals surface area contributed by atoms with Crippen LogP contribution in [0.4, 0.5) is 0 Å². The molecule has 0 saturated carbocycles. The molecule has 1 unspecified atom stereocenters. The van der Waals surface area contributed by atoms with Crippen LogP contribution in [0, 0.1) is 5.92 Å². The van der Waals surface area contributed by atoms with Crippen LogP contribution in [0.25, 0.3) is 0 Å². The van der Waals surface area contributed by atoms with Crippen LogP contribution in [-0.4, -0.2) is 53.0 Å². The summed E-state index contributed by atoms with van der Waals surface area (Å²) in [6, 6.07) is 6.71. The van der Waals surface area contributed by atoms with E-state index < -0.39 is 10.0 Å². The van der Waals surface area contributed by atoms with E-state index in [4.69, 9.17) is 0 Å². The SMILES string of the molecule is CNCC1CCCN(C(=O)CCc2ccc(S(=O)(=O)NC)cc2)C1.Cl. The molecule has 0 bridgehead atoms. The molecule has 1 aliphatic rings. The van der Waals surface area contributed by atoms with E-state index in [1.54, 1.807) is 24.3 Å². The monoisotopic (exact) mass is 389 g/mol. The Morgan fingerprint density at radius 1 is 1.24 bits per heavy atom. The molecule has 1 fully saturated rings. The molecule has 1 aromatic rings. The van der Waals surface area contributed by atoms with Gasteiger partial charge >= 0.3 is 0 Å². The Morgan fingerprint density at radius 2 is 1.92 bits per heavy atom. The third kappa shape index (κ3) is 6.26. The summed E-state index contributed by atoms with van der Waals surface area (Å²) < 4.78 is 25.7. The zero-order valence-electron chi connectivity index (χ0n) is 14.8. The molecule has 25 heavy (non-hydrogen) atoms. The van der Waals surface area contributed by atoms with Crippen LogP contribution >= 0.6 is 12.4 Å². The molecule has 0 aromatic heterocycles. The van der Waals surface area contributed by atoms with E-state index in [1.165, 1.54) is 13.5 Å². The van der Waals surface area contributed by atoms with Gasteiger partial charge in [-0.15, -0.1) is 12.4 Å². The molecule has 1 aliphatic heterocycles. The molecule has 1 heterocycles. The summed E-state index contributed by atoms with van der Waals surface area (Å²) in [6.07, 6.45) is 3.33. The number of nitrogens with zero attached hydrogens (tertiary/aromatic N) is 1. The second-order valence-electron chi connectivity index (χ2n) is 6.26. The van der Waals surface area contributed by atoms with Crippen LogP contribution in [0.2, 0.25) is 0 Å².